The highest BCUT2D eigenvalue weighted by molar-refractivity contribution is 6.33. The molecule has 156 valence electrons. The van der Waals surface area contributed by atoms with Crippen LogP contribution in [0.3, 0.4) is 0 Å². The molecule has 0 saturated carbocycles. The summed E-state index contributed by atoms with van der Waals surface area (Å²) in [5, 5.41) is 2.55. The van der Waals surface area contributed by atoms with Crippen molar-refractivity contribution in [3.63, 3.8) is 0 Å². The van der Waals surface area contributed by atoms with Crippen LogP contribution in [0.4, 0.5) is 23.2 Å². The Balaban J connectivity index is 2.06. The summed E-state index contributed by atoms with van der Waals surface area (Å²) in [6.45, 7) is 2.83. The maximum atomic E-state index is 12.9. The molecule has 2 aromatic rings. The number of hydrogen-bond donors (Lipinski definition) is 1. The van der Waals surface area contributed by atoms with Crippen molar-refractivity contribution in [3.8, 4) is 0 Å². The minimum absolute atomic E-state index is 0.125. The molecule has 1 N–H and O–H groups in total. The lowest BCUT2D eigenvalue weighted by Gasteiger charge is -2.22. The lowest BCUT2D eigenvalue weighted by atomic mass is 10.0. The third-order valence-electron chi connectivity index (χ3n) is 4.04. The Labute approximate surface area is 169 Å². The Kier molecular flexibility index (Phi) is 7.24. The van der Waals surface area contributed by atoms with Gasteiger partial charge in [-0.2, -0.15) is 13.2 Å². The van der Waals surface area contributed by atoms with Gasteiger partial charge in [0.2, 0.25) is 0 Å². The topological polar surface area (TPSA) is 55.4 Å². The Morgan fingerprint density at radius 1 is 1.10 bits per heavy atom. The quantitative estimate of drug-likeness (QED) is 0.364. The first-order valence-electron chi connectivity index (χ1n) is 8.57. The molecule has 0 radical (unpaired) electrons. The molecule has 2 rings (SSSR count). The van der Waals surface area contributed by atoms with Crippen LogP contribution in [0, 0.1) is 11.7 Å². The van der Waals surface area contributed by atoms with Gasteiger partial charge in [-0.05, 0) is 48.4 Å². The van der Waals surface area contributed by atoms with E-state index in [1.165, 1.54) is 12.1 Å². The van der Waals surface area contributed by atoms with Crippen molar-refractivity contribution in [1.29, 1.82) is 0 Å². The van der Waals surface area contributed by atoms with Gasteiger partial charge in [0.25, 0.3) is 0 Å². The lowest BCUT2D eigenvalue weighted by Crippen LogP contribution is -2.37. The zero-order chi connectivity index (χ0) is 21.8. The first-order valence-corrected chi connectivity index (χ1v) is 8.95. The minimum atomic E-state index is -4.54. The van der Waals surface area contributed by atoms with Gasteiger partial charge in [0, 0.05) is 5.56 Å². The highest BCUT2D eigenvalue weighted by atomic mass is 35.5. The summed E-state index contributed by atoms with van der Waals surface area (Å²) in [4.78, 5) is 24.4. The zero-order valence-corrected chi connectivity index (χ0v) is 16.3. The summed E-state index contributed by atoms with van der Waals surface area (Å²) >= 11 is 5.91. The molecule has 1 atom stereocenters. The van der Waals surface area contributed by atoms with E-state index in [-0.39, 0.29) is 22.2 Å². The Morgan fingerprint density at radius 2 is 1.72 bits per heavy atom. The summed E-state index contributed by atoms with van der Waals surface area (Å²) in [7, 11) is 0. The maximum absolute atomic E-state index is 12.9. The second-order valence-corrected chi connectivity index (χ2v) is 7.00. The molecule has 0 aliphatic heterocycles. The predicted molar refractivity (Wildman–Crippen MR) is 100 cm³/mol. The van der Waals surface area contributed by atoms with Crippen molar-refractivity contribution in [2.45, 2.75) is 26.1 Å². The Hall–Kier alpha value is -2.61. The SMILES string of the molecule is CC(C)[C@H](Nc1ccc(C(F)(F)F)cc1Cl)C(=O)OCC(=O)c1ccc(F)cc1. The minimum Gasteiger partial charge on any atom is -0.456 e. The van der Waals surface area contributed by atoms with Gasteiger partial charge in [-0.3, -0.25) is 4.79 Å². The fraction of sp³-hybridized carbons (Fsp3) is 0.300. The van der Waals surface area contributed by atoms with E-state index in [0.717, 1.165) is 30.3 Å². The molecule has 9 heteroatoms. The number of alkyl halides is 3. The van der Waals surface area contributed by atoms with E-state index in [0.29, 0.717) is 0 Å². The van der Waals surface area contributed by atoms with Gasteiger partial charge >= 0.3 is 12.1 Å². The largest absolute Gasteiger partial charge is 0.456 e. The molecule has 0 heterocycles. The van der Waals surface area contributed by atoms with E-state index in [2.05, 4.69) is 5.32 Å². The number of rotatable bonds is 7. The fourth-order valence-electron chi connectivity index (χ4n) is 2.42. The number of ketones is 1. The number of halogens is 5. The number of esters is 1. The molecule has 0 spiro atoms. The molecule has 4 nitrogen and oxygen atoms in total. The molecule has 0 aliphatic carbocycles. The van der Waals surface area contributed by atoms with Crippen LogP contribution < -0.4 is 5.32 Å². The summed E-state index contributed by atoms with van der Waals surface area (Å²) < 4.78 is 56.2. The van der Waals surface area contributed by atoms with E-state index in [1.54, 1.807) is 13.8 Å². The predicted octanol–water partition coefficient (Wildman–Crippen LogP) is 5.36. The number of carbonyl (C=O) groups is 2. The van der Waals surface area contributed by atoms with E-state index in [1.807, 2.05) is 0 Å². The van der Waals surface area contributed by atoms with Crippen LogP contribution in [0.1, 0.15) is 29.8 Å². The fourth-order valence-corrected chi connectivity index (χ4v) is 2.65. The van der Waals surface area contributed by atoms with Crippen LogP contribution in [0.2, 0.25) is 5.02 Å². The van der Waals surface area contributed by atoms with Crippen LogP contribution in [0.5, 0.6) is 0 Å². The molecule has 0 amide bonds. The molecule has 0 bridgehead atoms. The second-order valence-electron chi connectivity index (χ2n) is 6.60. The molecule has 0 aliphatic rings. The first kappa shape index (κ1) is 22.7. The standard InChI is InChI=1S/C20H18ClF4NO3/c1-11(2)18(26-16-8-5-13(9-15(16)21)20(23,24)25)19(28)29-10-17(27)12-3-6-14(22)7-4-12/h3-9,11,18,26H,10H2,1-2H3/t18-/m0/s1. The van der Waals surface area contributed by atoms with Crippen LogP contribution >= 0.6 is 11.6 Å². The number of benzene rings is 2. The third-order valence-corrected chi connectivity index (χ3v) is 4.35. The van der Waals surface area contributed by atoms with Crippen molar-refractivity contribution in [2.24, 2.45) is 5.92 Å². The third kappa shape index (κ3) is 6.19. The molecular formula is C20H18ClF4NO3. The molecule has 29 heavy (non-hydrogen) atoms. The summed E-state index contributed by atoms with van der Waals surface area (Å²) in [6, 6.07) is 6.53. The first-order chi connectivity index (χ1) is 13.5. The van der Waals surface area contributed by atoms with Gasteiger partial charge in [0.15, 0.2) is 12.4 Å². The van der Waals surface area contributed by atoms with E-state index in [4.69, 9.17) is 16.3 Å². The van der Waals surface area contributed by atoms with E-state index >= 15 is 0 Å². The monoisotopic (exact) mass is 431 g/mol. The normalized spacial score (nSPS) is 12.6. The maximum Gasteiger partial charge on any atom is 0.416 e. The zero-order valence-electron chi connectivity index (χ0n) is 15.5. The summed E-state index contributed by atoms with van der Waals surface area (Å²) in [5.41, 5.74) is -0.610. The van der Waals surface area contributed by atoms with E-state index in [9.17, 15) is 27.2 Å². The van der Waals surface area contributed by atoms with Crippen LogP contribution in [0.15, 0.2) is 42.5 Å². The average Bonchev–Trinajstić information content (AvgIpc) is 2.64. The molecule has 2 aromatic carbocycles. The molecule has 0 saturated heterocycles. The number of nitrogens with one attached hydrogen (secondary N) is 1. The van der Waals surface area contributed by atoms with Gasteiger partial charge in [-0.15, -0.1) is 0 Å². The Morgan fingerprint density at radius 3 is 2.24 bits per heavy atom. The van der Waals surface area contributed by atoms with Gasteiger partial charge in [0.1, 0.15) is 11.9 Å². The summed E-state index contributed by atoms with van der Waals surface area (Å²) in [6.07, 6.45) is -4.54. The van der Waals surface area contributed by atoms with Crippen LogP contribution in [-0.2, 0) is 15.7 Å². The number of ether oxygens (including phenoxy) is 1. The number of hydrogen-bond acceptors (Lipinski definition) is 4. The molecule has 0 fully saturated rings. The van der Waals surface area contributed by atoms with E-state index < -0.39 is 42.0 Å². The van der Waals surface area contributed by atoms with Crippen LogP contribution in [-0.4, -0.2) is 24.4 Å². The van der Waals surface area contributed by atoms with Crippen molar-refractivity contribution < 1.29 is 31.9 Å². The van der Waals surface area contributed by atoms with Crippen molar-refractivity contribution in [2.75, 3.05) is 11.9 Å². The summed E-state index contributed by atoms with van der Waals surface area (Å²) in [5.74, 6) is -2.11. The highest BCUT2D eigenvalue weighted by Crippen LogP contribution is 2.34. The van der Waals surface area contributed by atoms with Crippen molar-refractivity contribution >= 4 is 29.0 Å². The van der Waals surface area contributed by atoms with Gasteiger partial charge in [-0.1, -0.05) is 25.4 Å². The number of Topliss-reactive ketones (excluding diaryl/α,β-unsaturated/α-hetero) is 1. The smallest absolute Gasteiger partial charge is 0.416 e. The Bertz CT molecular complexity index is 882. The average molecular weight is 432 g/mol. The van der Waals surface area contributed by atoms with Crippen LogP contribution in [0.25, 0.3) is 0 Å². The lowest BCUT2D eigenvalue weighted by molar-refractivity contribution is -0.144. The number of anilines is 1. The highest BCUT2D eigenvalue weighted by Gasteiger charge is 2.31. The second kappa shape index (κ2) is 9.26. The number of carbonyl (C=O) groups excluding carboxylic acids is 2. The van der Waals surface area contributed by atoms with Gasteiger partial charge in [0.05, 0.1) is 16.3 Å². The molecular weight excluding hydrogens is 414 g/mol. The van der Waals surface area contributed by atoms with Gasteiger partial charge in [-0.25, -0.2) is 9.18 Å². The van der Waals surface area contributed by atoms with Gasteiger partial charge < -0.3 is 10.1 Å². The molecule has 0 aromatic heterocycles. The molecule has 0 unspecified atom stereocenters. The van der Waals surface area contributed by atoms with Crippen molar-refractivity contribution in [3.05, 3.63) is 64.4 Å². The van der Waals surface area contributed by atoms with Crippen molar-refractivity contribution in [1.82, 2.24) is 0 Å².